The van der Waals surface area contributed by atoms with Gasteiger partial charge in [0.15, 0.2) is 0 Å². The Hall–Kier alpha value is -1.65. The maximum Gasteiger partial charge on any atom is 0.251 e. The van der Waals surface area contributed by atoms with Gasteiger partial charge in [0.2, 0.25) is 5.91 Å². The highest BCUT2D eigenvalue weighted by Crippen LogP contribution is 2.66. The summed E-state index contributed by atoms with van der Waals surface area (Å²) < 4.78 is 0. The fourth-order valence-electron chi connectivity index (χ4n) is 4.34. The van der Waals surface area contributed by atoms with Gasteiger partial charge in [-0.15, -0.1) is 0 Å². The van der Waals surface area contributed by atoms with Gasteiger partial charge in [-0.2, -0.15) is 0 Å². The average molecular weight is 315 g/mol. The summed E-state index contributed by atoms with van der Waals surface area (Å²) in [6.45, 7) is 4.87. The van der Waals surface area contributed by atoms with Crippen molar-refractivity contribution in [3.05, 3.63) is 27.9 Å². The molecule has 3 aliphatic rings. The van der Waals surface area contributed by atoms with Gasteiger partial charge < -0.3 is 9.88 Å². The maximum absolute atomic E-state index is 12.9. The number of likely N-dealkylation sites (tertiary alicyclic amines) is 1. The quantitative estimate of drug-likeness (QED) is 0.932. The number of hydrogen-bond donors (Lipinski definition) is 1. The van der Waals surface area contributed by atoms with Gasteiger partial charge in [0, 0.05) is 18.5 Å². The lowest BCUT2D eigenvalue weighted by Gasteiger charge is -2.30. The standard InChI is InChI=1S/C18H25N3O2/c1-11(2)13-9-15(22)20-16(19-13)14-5-3-8-21(14)17(23)12-10-18(12)6-4-7-18/h9,11-12,14H,3-8,10H2,1-2H3,(H,19,20,22)/t12-,14-/m1/s1. The van der Waals surface area contributed by atoms with Gasteiger partial charge in [-0.25, -0.2) is 4.98 Å². The molecule has 0 aromatic carbocycles. The molecule has 1 amide bonds. The highest BCUT2D eigenvalue weighted by molar-refractivity contribution is 5.83. The van der Waals surface area contributed by atoms with E-state index in [-0.39, 0.29) is 23.4 Å². The molecule has 1 aliphatic heterocycles. The van der Waals surface area contributed by atoms with Gasteiger partial charge in [0.05, 0.1) is 11.7 Å². The molecule has 1 aromatic rings. The molecule has 0 unspecified atom stereocenters. The smallest absolute Gasteiger partial charge is 0.251 e. The molecular weight excluding hydrogens is 290 g/mol. The van der Waals surface area contributed by atoms with Crippen molar-refractivity contribution in [2.24, 2.45) is 11.3 Å². The average Bonchev–Trinajstić information content (AvgIpc) is 3.07. The molecule has 5 nitrogen and oxygen atoms in total. The van der Waals surface area contributed by atoms with Crippen LogP contribution in [0, 0.1) is 11.3 Å². The van der Waals surface area contributed by atoms with E-state index in [1.807, 2.05) is 18.7 Å². The van der Waals surface area contributed by atoms with Crippen molar-refractivity contribution in [3.8, 4) is 0 Å². The third-order valence-electron chi connectivity index (χ3n) is 6.06. The summed E-state index contributed by atoms with van der Waals surface area (Å²) in [5.74, 6) is 1.42. The fourth-order valence-corrected chi connectivity index (χ4v) is 4.34. The number of aromatic nitrogens is 2. The number of hydrogen-bond acceptors (Lipinski definition) is 3. The number of H-pyrrole nitrogens is 1. The van der Waals surface area contributed by atoms with Crippen LogP contribution in [0.2, 0.25) is 0 Å². The van der Waals surface area contributed by atoms with Crippen LogP contribution in [0.25, 0.3) is 0 Å². The molecule has 3 fully saturated rings. The van der Waals surface area contributed by atoms with Crippen LogP contribution in [0.15, 0.2) is 10.9 Å². The van der Waals surface area contributed by atoms with Crippen LogP contribution in [-0.4, -0.2) is 27.3 Å². The highest BCUT2D eigenvalue weighted by atomic mass is 16.2. The Morgan fingerprint density at radius 2 is 2.17 bits per heavy atom. The van der Waals surface area contributed by atoms with E-state index in [1.54, 1.807) is 6.07 Å². The Labute approximate surface area is 136 Å². The number of carbonyl (C=O) groups excluding carboxylic acids is 1. The Morgan fingerprint density at radius 3 is 2.78 bits per heavy atom. The fraction of sp³-hybridized carbons (Fsp3) is 0.722. The van der Waals surface area contributed by atoms with Gasteiger partial charge in [-0.1, -0.05) is 20.3 Å². The SMILES string of the molecule is CC(C)c1cc(=O)[nH]c([C@H]2CCCN2C(=O)[C@H]2CC23CCC3)n1. The second kappa shape index (κ2) is 5.18. The van der Waals surface area contributed by atoms with E-state index in [1.165, 1.54) is 19.3 Å². The first-order chi connectivity index (χ1) is 11.0. The van der Waals surface area contributed by atoms with Crippen molar-refractivity contribution >= 4 is 5.91 Å². The lowest BCUT2D eigenvalue weighted by molar-refractivity contribution is -0.135. The maximum atomic E-state index is 12.9. The van der Waals surface area contributed by atoms with E-state index in [4.69, 9.17) is 0 Å². The molecule has 2 aliphatic carbocycles. The van der Waals surface area contributed by atoms with Crippen LogP contribution < -0.4 is 5.56 Å². The molecule has 1 saturated heterocycles. The lowest BCUT2D eigenvalue weighted by atomic mass is 9.79. The van der Waals surface area contributed by atoms with Gasteiger partial charge >= 0.3 is 0 Å². The van der Waals surface area contributed by atoms with E-state index in [9.17, 15) is 9.59 Å². The topological polar surface area (TPSA) is 66.1 Å². The second-order valence-electron chi connectivity index (χ2n) is 7.87. The van der Waals surface area contributed by atoms with E-state index < -0.39 is 0 Å². The van der Waals surface area contributed by atoms with Crippen molar-refractivity contribution < 1.29 is 4.79 Å². The van der Waals surface area contributed by atoms with Gasteiger partial charge in [0.1, 0.15) is 5.82 Å². The minimum absolute atomic E-state index is 0.0494. The second-order valence-corrected chi connectivity index (χ2v) is 7.87. The first kappa shape index (κ1) is 14.9. The molecule has 2 heterocycles. The normalized spacial score (nSPS) is 28.2. The van der Waals surface area contributed by atoms with Crippen molar-refractivity contribution in [3.63, 3.8) is 0 Å². The molecule has 0 radical (unpaired) electrons. The summed E-state index contributed by atoms with van der Waals surface area (Å²) in [6, 6.07) is 1.52. The third kappa shape index (κ3) is 2.41. The van der Waals surface area contributed by atoms with Crippen molar-refractivity contribution in [1.29, 1.82) is 0 Å². The summed E-state index contributed by atoms with van der Waals surface area (Å²) in [6.07, 6.45) is 6.69. The molecule has 4 rings (SSSR count). The molecule has 1 aromatic heterocycles. The zero-order valence-corrected chi connectivity index (χ0v) is 14.0. The molecule has 0 bridgehead atoms. The van der Waals surface area contributed by atoms with Gasteiger partial charge in [0.25, 0.3) is 5.56 Å². The number of nitrogens with one attached hydrogen (secondary N) is 1. The summed E-state index contributed by atoms with van der Waals surface area (Å²) in [7, 11) is 0. The Bertz CT molecular complexity index is 690. The predicted molar refractivity (Wildman–Crippen MR) is 87.0 cm³/mol. The summed E-state index contributed by atoms with van der Waals surface area (Å²) in [5, 5.41) is 0. The number of nitrogens with zero attached hydrogens (tertiary/aromatic N) is 2. The molecule has 5 heteroatoms. The molecular formula is C18H25N3O2. The van der Waals surface area contributed by atoms with Crippen LogP contribution in [0.1, 0.15) is 75.9 Å². The predicted octanol–water partition coefficient (Wildman–Crippen LogP) is 2.75. The number of aromatic amines is 1. The van der Waals surface area contributed by atoms with Crippen LogP contribution in [0.4, 0.5) is 0 Å². The van der Waals surface area contributed by atoms with Gasteiger partial charge in [-0.05, 0) is 43.4 Å². The van der Waals surface area contributed by atoms with E-state index in [0.717, 1.165) is 31.5 Å². The zero-order chi connectivity index (χ0) is 16.2. The molecule has 124 valence electrons. The van der Waals surface area contributed by atoms with E-state index in [2.05, 4.69) is 9.97 Å². The summed E-state index contributed by atoms with van der Waals surface area (Å²) in [4.78, 5) is 34.4. The van der Waals surface area contributed by atoms with Crippen molar-refractivity contribution in [2.45, 2.75) is 64.3 Å². The minimum Gasteiger partial charge on any atom is -0.332 e. The minimum atomic E-state index is -0.111. The lowest BCUT2D eigenvalue weighted by Crippen LogP contribution is -2.35. The van der Waals surface area contributed by atoms with Crippen LogP contribution >= 0.6 is 0 Å². The summed E-state index contributed by atoms with van der Waals surface area (Å²) in [5.41, 5.74) is 1.05. The molecule has 1 spiro atoms. The largest absolute Gasteiger partial charge is 0.332 e. The first-order valence-corrected chi connectivity index (χ1v) is 8.92. The van der Waals surface area contributed by atoms with E-state index >= 15 is 0 Å². The number of rotatable bonds is 3. The van der Waals surface area contributed by atoms with Gasteiger partial charge in [-0.3, -0.25) is 9.59 Å². The Balaban J connectivity index is 1.58. The number of carbonyl (C=O) groups is 1. The van der Waals surface area contributed by atoms with Crippen molar-refractivity contribution in [1.82, 2.24) is 14.9 Å². The van der Waals surface area contributed by atoms with Crippen LogP contribution in [-0.2, 0) is 4.79 Å². The van der Waals surface area contributed by atoms with Crippen molar-refractivity contribution in [2.75, 3.05) is 6.54 Å². The third-order valence-corrected chi connectivity index (χ3v) is 6.06. The Kier molecular flexibility index (Phi) is 3.36. The molecule has 2 atom stereocenters. The van der Waals surface area contributed by atoms with Crippen LogP contribution in [0.5, 0.6) is 0 Å². The zero-order valence-electron chi connectivity index (χ0n) is 14.0. The molecule has 23 heavy (non-hydrogen) atoms. The first-order valence-electron chi connectivity index (χ1n) is 8.92. The Morgan fingerprint density at radius 1 is 1.39 bits per heavy atom. The monoisotopic (exact) mass is 315 g/mol. The molecule has 1 N–H and O–H groups in total. The highest BCUT2D eigenvalue weighted by Gasteiger charge is 2.62. The van der Waals surface area contributed by atoms with Crippen LogP contribution in [0.3, 0.4) is 0 Å². The number of amides is 1. The summed E-state index contributed by atoms with van der Waals surface area (Å²) >= 11 is 0. The van der Waals surface area contributed by atoms with E-state index in [0.29, 0.717) is 17.1 Å². The molecule has 2 saturated carbocycles.